The van der Waals surface area contributed by atoms with Crippen molar-refractivity contribution < 1.29 is 9.47 Å². The van der Waals surface area contributed by atoms with E-state index in [1.807, 2.05) is 24.3 Å². The van der Waals surface area contributed by atoms with Gasteiger partial charge in [0, 0.05) is 24.6 Å². The third-order valence-corrected chi connectivity index (χ3v) is 4.48. The Morgan fingerprint density at radius 3 is 2.59 bits per heavy atom. The molecule has 1 aliphatic rings. The summed E-state index contributed by atoms with van der Waals surface area (Å²) in [7, 11) is 7.44. The van der Waals surface area contributed by atoms with Crippen molar-refractivity contribution in [3.8, 4) is 11.5 Å². The van der Waals surface area contributed by atoms with E-state index in [9.17, 15) is 0 Å². The molecule has 0 radical (unpaired) electrons. The first-order valence-electron chi connectivity index (χ1n) is 9.35. The highest BCUT2D eigenvalue weighted by Gasteiger charge is 2.26. The van der Waals surface area contributed by atoms with Gasteiger partial charge in [0.1, 0.15) is 17.3 Å². The number of anilines is 3. The van der Waals surface area contributed by atoms with Crippen LogP contribution < -0.4 is 20.1 Å². The summed E-state index contributed by atoms with van der Waals surface area (Å²) < 4.78 is 10.7. The SMILES string of the molecule is COc1ccc(Nc2cc(C3CC3)nc(NCCCN(C)C)n2)c(OC)c1. The third kappa shape index (κ3) is 5.47. The van der Waals surface area contributed by atoms with Gasteiger partial charge in [0.15, 0.2) is 0 Å². The number of nitrogens with zero attached hydrogens (tertiary/aromatic N) is 3. The second-order valence-corrected chi connectivity index (χ2v) is 7.05. The van der Waals surface area contributed by atoms with Gasteiger partial charge >= 0.3 is 0 Å². The average molecular weight is 371 g/mol. The molecule has 0 aliphatic heterocycles. The van der Waals surface area contributed by atoms with Gasteiger partial charge in [-0.2, -0.15) is 4.98 Å². The first-order valence-corrected chi connectivity index (χ1v) is 9.35. The molecule has 0 amide bonds. The molecule has 1 fully saturated rings. The van der Waals surface area contributed by atoms with E-state index in [2.05, 4.69) is 34.6 Å². The Labute approximate surface area is 161 Å². The minimum atomic E-state index is 0.550. The lowest BCUT2D eigenvalue weighted by atomic mass is 10.2. The summed E-state index contributed by atoms with van der Waals surface area (Å²) in [5.74, 6) is 3.45. The molecular formula is C20H29N5O2. The van der Waals surface area contributed by atoms with E-state index in [-0.39, 0.29) is 0 Å². The number of ether oxygens (including phenoxy) is 2. The summed E-state index contributed by atoms with van der Waals surface area (Å²) in [4.78, 5) is 11.5. The molecule has 1 aliphatic carbocycles. The summed E-state index contributed by atoms with van der Waals surface area (Å²) >= 11 is 0. The first-order chi connectivity index (χ1) is 13.1. The van der Waals surface area contributed by atoms with Gasteiger partial charge < -0.3 is 25.0 Å². The van der Waals surface area contributed by atoms with Crippen molar-refractivity contribution in [2.24, 2.45) is 0 Å². The van der Waals surface area contributed by atoms with E-state index in [1.165, 1.54) is 12.8 Å². The summed E-state index contributed by atoms with van der Waals surface area (Å²) in [6.07, 6.45) is 3.43. The Hall–Kier alpha value is -2.54. The van der Waals surface area contributed by atoms with Gasteiger partial charge in [-0.3, -0.25) is 0 Å². The number of methoxy groups -OCH3 is 2. The number of hydrogen-bond acceptors (Lipinski definition) is 7. The summed E-state index contributed by atoms with van der Waals surface area (Å²) in [5, 5.41) is 6.72. The normalized spacial score (nSPS) is 13.5. The van der Waals surface area contributed by atoms with Crippen molar-refractivity contribution in [1.29, 1.82) is 0 Å². The molecule has 1 aromatic carbocycles. The van der Waals surface area contributed by atoms with Crippen LogP contribution in [0.5, 0.6) is 11.5 Å². The molecule has 0 spiro atoms. The second-order valence-electron chi connectivity index (χ2n) is 7.05. The Balaban J connectivity index is 1.76. The first kappa shape index (κ1) is 19.2. The fourth-order valence-corrected chi connectivity index (χ4v) is 2.83. The van der Waals surface area contributed by atoms with Gasteiger partial charge in [-0.05, 0) is 52.0 Å². The minimum Gasteiger partial charge on any atom is -0.497 e. The number of rotatable bonds is 10. The quantitative estimate of drug-likeness (QED) is 0.620. The highest BCUT2D eigenvalue weighted by atomic mass is 16.5. The fraction of sp³-hybridized carbons (Fsp3) is 0.500. The van der Waals surface area contributed by atoms with Crippen LogP contribution in [0.1, 0.15) is 30.9 Å². The Morgan fingerprint density at radius 2 is 1.93 bits per heavy atom. The topological polar surface area (TPSA) is 71.5 Å². The van der Waals surface area contributed by atoms with Gasteiger partial charge in [0.05, 0.1) is 25.6 Å². The van der Waals surface area contributed by atoms with Gasteiger partial charge in [-0.25, -0.2) is 4.98 Å². The van der Waals surface area contributed by atoms with Gasteiger partial charge in [-0.1, -0.05) is 0 Å². The zero-order valence-corrected chi connectivity index (χ0v) is 16.6. The van der Waals surface area contributed by atoms with Crippen molar-refractivity contribution in [3.05, 3.63) is 30.0 Å². The second kappa shape index (κ2) is 8.90. The van der Waals surface area contributed by atoms with Crippen LogP contribution in [-0.4, -0.2) is 56.3 Å². The molecular weight excluding hydrogens is 342 g/mol. The summed E-state index contributed by atoms with van der Waals surface area (Å²) in [5.41, 5.74) is 1.94. The monoisotopic (exact) mass is 371 g/mol. The zero-order valence-electron chi connectivity index (χ0n) is 16.6. The molecule has 2 aromatic rings. The fourth-order valence-electron chi connectivity index (χ4n) is 2.83. The summed E-state index contributed by atoms with van der Waals surface area (Å²) in [6.45, 7) is 1.88. The molecule has 1 saturated carbocycles. The van der Waals surface area contributed by atoms with Crippen molar-refractivity contribution in [2.75, 3.05) is 52.0 Å². The number of hydrogen-bond donors (Lipinski definition) is 2. The Bertz CT molecular complexity index is 762. The maximum atomic E-state index is 5.48. The molecule has 7 heteroatoms. The van der Waals surface area contributed by atoms with Crippen molar-refractivity contribution in [2.45, 2.75) is 25.2 Å². The maximum absolute atomic E-state index is 5.48. The smallest absolute Gasteiger partial charge is 0.224 e. The van der Waals surface area contributed by atoms with Crippen LogP contribution in [0.4, 0.5) is 17.5 Å². The van der Waals surface area contributed by atoms with E-state index in [4.69, 9.17) is 14.5 Å². The molecule has 27 heavy (non-hydrogen) atoms. The predicted octanol–water partition coefficient (Wildman–Crippen LogP) is 3.48. The molecule has 0 bridgehead atoms. The van der Waals surface area contributed by atoms with Crippen LogP contribution in [0.25, 0.3) is 0 Å². The average Bonchev–Trinajstić information content (AvgIpc) is 3.50. The molecule has 1 aromatic heterocycles. The lowest BCUT2D eigenvalue weighted by molar-refractivity contribution is 0.395. The molecule has 7 nitrogen and oxygen atoms in total. The maximum Gasteiger partial charge on any atom is 0.224 e. The summed E-state index contributed by atoms with van der Waals surface area (Å²) in [6, 6.07) is 7.72. The van der Waals surface area contributed by atoms with Crippen molar-refractivity contribution in [1.82, 2.24) is 14.9 Å². The Morgan fingerprint density at radius 1 is 1.11 bits per heavy atom. The molecule has 0 atom stereocenters. The highest BCUT2D eigenvalue weighted by molar-refractivity contribution is 5.66. The lowest BCUT2D eigenvalue weighted by Crippen LogP contribution is -2.17. The van der Waals surface area contributed by atoms with Gasteiger partial charge in [-0.15, -0.1) is 0 Å². The van der Waals surface area contributed by atoms with Crippen LogP contribution >= 0.6 is 0 Å². The third-order valence-electron chi connectivity index (χ3n) is 4.48. The van der Waals surface area contributed by atoms with Crippen LogP contribution in [-0.2, 0) is 0 Å². The van der Waals surface area contributed by atoms with E-state index in [0.717, 1.165) is 42.5 Å². The standard InChI is InChI=1S/C20H29N5O2/c1-25(2)11-5-10-21-20-23-17(14-6-7-14)13-19(24-20)22-16-9-8-15(26-3)12-18(16)27-4/h8-9,12-14H,5-7,10-11H2,1-4H3,(H2,21,22,23,24). The number of benzene rings is 1. The molecule has 2 N–H and O–H groups in total. The molecule has 1 heterocycles. The number of nitrogens with one attached hydrogen (secondary N) is 2. The number of aromatic nitrogens is 2. The van der Waals surface area contributed by atoms with E-state index in [1.54, 1.807) is 14.2 Å². The molecule has 146 valence electrons. The van der Waals surface area contributed by atoms with Crippen LogP contribution in [0.2, 0.25) is 0 Å². The van der Waals surface area contributed by atoms with Crippen molar-refractivity contribution >= 4 is 17.5 Å². The predicted molar refractivity (Wildman–Crippen MR) is 108 cm³/mol. The van der Waals surface area contributed by atoms with Crippen LogP contribution in [0, 0.1) is 0 Å². The van der Waals surface area contributed by atoms with Crippen LogP contribution in [0.15, 0.2) is 24.3 Å². The van der Waals surface area contributed by atoms with E-state index in [0.29, 0.717) is 17.6 Å². The molecule has 0 saturated heterocycles. The molecule has 3 rings (SSSR count). The van der Waals surface area contributed by atoms with Gasteiger partial charge in [0.2, 0.25) is 5.95 Å². The molecule has 0 unspecified atom stereocenters. The van der Waals surface area contributed by atoms with Crippen LogP contribution in [0.3, 0.4) is 0 Å². The van der Waals surface area contributed by atoms with E-state index < -0.39 is 0 Å². The Kier molecular flexibility index (Phi) is 6.34. The minimum absolute atomic E-state index is 0.550. The lowest BCUT2D eigenvalue weighted by Gasteiger charge is -2.14. The van der Waals surface area contributed by atoms with Gasteiger partial charge in [0.25, 0.3) is 0 Å². The van der Waals surface area contributed by atoms with Crippen molar-refractivity contribution in [3.63, 3.8) is 0 Å². The highest BCUT2D eigenvalue weighted by Crippen LogP contribution is 2.40. The van der Waals surface area contributed by atoms with E-state index >= 15 is 0 Å². The zero-order chi connectivity index (χ0) is 19.2. The largest absolute Gasteiger partial charge is 0.497 e.